The number of nitrogens with zero attached hydrogens (tertiary/aromatic N) is 1. The summed E-state index contributed by atoms with van der Waals surface area (Å²) >= 11 is 3.15. The minimum atomic E-state index is -3.71. The van der Waals surface area contributed by atoms with Gasteiger partial charge in [-0.1, -0.05) is 107 Å². The van der Waals surface area contributed by atoms with E-state index in [4.69, 9.17) is 9.47 Å². The van der Waals surface area contributed by atoms with Gasteiger partial charge in [0.05, 0.1) is 6.10 Å². The van der Waals surface area contributed by atoms with Crippen molar-refractivity contribution in [3.8, 4) is 0 Å². The number of hydrogen-bond donors (Lipinski definition) is 0. The van der Waals surface area contributed by atoms with Crippen LogP contribution in [0.4, 0.5) is 13.6 Å². The van der Waals surface area contributed by atoms with Crippen LogP contribution in [0, 0.1) is 5.92 Å². The Kier molecular flexibility index (Phi) is 6.19. The number of hydrogen-bond acceptors (Lipinski definition) is 4. The molecule has 35 heavy (non-hydrogen) atoms. The molecule has 2 saturated heterocycles. The van der Waals surface area contributed by atoms with E-state index in [1.54, 1.807) is 78.9 Å². The van der Waals surface area contributed by atoms with Gasteiger partial charge in [0.2, 0.25) is 5.91 Å². The van der Waals surface area contributed by atoms with Crippen molar-refractivity contribution in [1.29, 1.82) is 0 Å². The molecule has 2 aliphatic heterocycles. The number of rotatable bonds is 5. The molecule has 3 atom stereocenters. The maximum absolute atomic E-state index is 14.8. The third-order valence-electron chi connectivity index (χ3n) is 6.54. The zero-order chi connectivity index (χ0) is 24.6. The fraction of sp³-hybridized carbons (Fsp3) is 0.259. The molecule has 2 aliphatic rings. The van der Waals surface area contributed by atoms with Crippen LogP contribution < -0.4 is 0 Å². The van der Waals surface area contributed by atoms with Gasteiger partial charge in [0.1, 0.15) is 12.0 Å². The predicted molar refractivity (Wildman–Crippen MR) is 128 cm³/mol. The number of ether oxygens (including phenoxy) is 2. The molecule has 0 aliphatic carbocycles. The Bertz CT molecular complexity index is 1170. The first-order valence-corrected chi connectivity index (χ1v) is 12.3. The van der Waals surface area contributed by atoms with Crippen LogP contribution in [0.1, 0.15) is 29.2 Å². The first kappa shape index (κ1) is 23.6. The molecular formula is C27H22BrF2NO4. The highest BCUT2D eigenvalue weighted by atomic mass is 79.9. The summed E-state index contributed by atoms with van der Waals surface area (Å²) in [6.45, 7) is 0. The van der Waals surface area contributed by atoms with Gasteiger partial charge >= 0.3 is 12.2 Å². The Morgan fingerprint density at radius 2 is 1.43 bits per heavy atom. The van der Waals surface area contributed by atoms with Gasteiger partial charge in [-0.15, -0.1) is 0 Å². The molecule has 2 amide bonds. The summed E-state index contributed by atoms with van der Waals surface area (Å²) in [6, 6.07) is 26.0. The van der Waals surface area contributed by atoms with Gasteiger partial charge < -0.3 is 9.47 Å². The topological polar surface area (TPSA) is 55.8 Å². The van der Waals surface area contributed by atoms with Crippen LogP contribution in [0.2, 0.25) is 0 Å². The summed E-state index contributed by atoms with van der Waals surface area (Å²) in [6.07, 6.45) is -5.75. The van der Waals surface area contributed by atoms with E-state index < -0.39 is 41.8 Å². The van der Waals surface area contributed by atoms with E-state index >= 15 is 0 Å². The summed E-state index contributed by atoms with van der Waals surface area (Å²) in [5.41, 5.74) is 0.381. The van der Waals surface area contributed by atoms with Gasteiger partial charge in [-0.05, 0) is 12.0 Å². The minimum Gasteiger partial charge on any atom is -0.430 e. The van der Waals surface area contributed by atoms with E-state index in [-0.39, 0.29) is 11.8 Å². The number of amides is 2. The fourth-order valence-corrected chi connectivity index (χ4v) is 5.39. The minimum absolute atomic E-state index is 0.150. The Morgan fingerprint density at radius 1 is 0.914 bits per heavy atom. The summed E-state index contributed by atoms with van der Waals surface area (Å²) in [5, 5.41) is 0.150. The van der Waals surface area contributed by atoms with E-state index in [1.165, 1.54) is 0 Å². The van der Waals surface area contributed by atoms with Crippen LogP contribution in [-0.4, -0.2) is 34.4 Å². The van der Waals surface area contributed by atoms with Gasteiger partial charge in [-0.25, -0.2) is 9.69 Å². The Morgan fingerprint density at radius 3 is 1.91 bits per heavy atom. The lowest BCUT2D eigenvalue weighted by molar-refractivity contribution is -0.242. The number of carbonyl (C=O) groups is 2. The third kappa shape index (κ3) is 3.94. The van der Waals surface area contributed by atoms with Crippen LogP contribution in [0.15, 0.2) is 91.0 Å². The van der Waals surface area contributed by atoms with Gasteiger partial charge in [-0.3, -0.25) is 4.79 Å². The largest absolute Gasteiger partial charge is 0.430 e. The van der Waals surface area contributed by atoms with Crippen molar-refractivity contribution in [2.75, 3.05) is 5.33 Å². The van der Waals surface area contributed by atoms with Crippen LogP contribution in [-0.2, 0) is 19.9 Å². The molecule has 8 heteroatoms. The quantitative estimate of drug-likeness (QED) is 0.369. The summed E-state index contributed by atoms with van der Waals surface area (Å²) in [7, 11) is 0. The van der Waals surface area contributed by atoms with Gasteiger partial charge in [-0.2, -0.15) is 8.78 Å². The van der Waals surface area contributed by atoms with E-state index in [0.717, 1.165) is 4.90 Å². The highest BCUT2D eigenvalue weighted by Crippen LogP contribution is 2.54. The number of benzene rings is 3. The van der Waals surface area contributed by atoms with E-state index in [1.807, 2.05) is 12.1 Å². The molecule has 3 unspecified atom stereocenters. The maximum Gasteiger partial charge on any atom is 0.418 e. The standard InChI is InChI=1S/C27H22BrF2NO4/c28-17-21-16-22(27(29,30)34-21)24(32)31-23(18-10-4-1-5-11-18)26(35-25(31)33,19-12-6-2-7-13-19)20-14-8-3-9-15-20/h1-15,21-23H,16-17H2. The molecule has 2 heterocycles. The molecule has 3 aromatic carbocycles. The molecule has 5 rings (SSSR count). The highest BCUT2D eigenvalue weighted by Gasteiger charge is 2.63. The SMILES string of the molecule is O=C1OC(c2ccccc2)(c2ccccc2)C(c2ccccc2)N1C(=O)C1CC(CBr)OC1(F)F. The lowest BCUT2D eigenvalue weighted by Crippen LogP contribution is -2.45. The zero-order valence-electron chi connectivity index (χ0n) is 18.5. The Balaban J connectivity index is 1.71. The third-order valence-corrected chi connectivity index (χ3v) is 7.27. The number of imide groups is 1. The summed E-state index contributed by atoms with van der Waals surface area (Å²) in [5.74, 6) is -2.84. The van der Waals surface area contributed by atoms with E-state index in [0.29, 0.717) is 16.7 Å². The Labute approximate surface area is 209 Å². The van der Waals surface area contributed by atoms with Crippen molar-refractivity contribution >= 4 is 27.9 Å². The number of cyclic esters (lactones) is 1. The van der Waals surface area contributed by atoms with Gasteiger partial charge in [0.15, 0.2) is 5.60 Å². The first-order valence-electron chi connectivity index (χ1n) is 11.2. The molecule has 3 aromatic rings. The van der Waals surface area contributed by atoms with Crippen LogP contribution in [0.3, 0.4) is 0 Å². The summed E-state index contributed by atoms with van der Waals surface area (Å²) < 4.78 is 40.5. The highest BCUT2D eigenvalue weighted by molar-refractivity contribution is 9.09. The lowest BCUT2D eigenvalue weighted by Gasteiger charge is -2.36. The second-order valence-electron chi connectivity index (χ2n) is 8.60. The molecule has 2 fully saturated rings. The van der Waals surface area contributed by atoms with Gasteiger partial charge in [0, 0.05) is 16.5 Å². The zero-order valence-corrected chi connectivity index (χ0v) is 20.1. The fourth-order valence-electron chi connectivity index (χ4n) is 5.00. The molecule has 0 aromatic heterocycles. The second kappa shape index (κ2) is 9.17. The molecule has 5 nitrogen and oxygen atoms in total. The van der Waals surface area contributed by atoms with Crippen LogP contribution in [0.25, 0.3) is 0 Å². The van der Waals surface area contributed by atoms with Crippen molar-refractivity contribution in [2.45, 2.75) is 30.3 Å². The van der Waals surface area contributed by atoms with Gasteiger partial charge in [0.25, 0.3) is 0 Å². The van der Waals surface area contributed by atoms with Crippen molar-refractivity contribution in [1.82, 2.24) is 4.90 Å². The monoisotopic (exact) mass is 541 g/mol. The second-order valence-corrected chi connectivity index (χ2v) is 9.25. The predicted octanol–water partition coefficient (Wildman–Crippen LogP) is 6.04. The molecular weight excluding hydrogens is 520 g/mol. The van der Waals surface area contributed by atoms with Crippen molar-refractivity contribution in [3.63, 3.8) is 0 Å². The average Bonchev–Trinajstić information content (AvgIpc) is 3.38. The van der Waals surface area contributed by atoms with Crippen LogP contribution in [0.5, 0.6) is 0 Å². The average molecular weight is 542 g/mol. The normalized spacial score (nSPS) is 24.8. The maximum atomic E-state index is 14.8. The van der Waals surface area contributed by atoms with Crippen molar-refractivity contribution in [3.05, 3.63) is 108 Å². The number of carbonyl (C=O) groups excluding carboxylic acids is 2. The smallest absolute Gasteiger partial charge is 0.418 e. The Hall–Kier alpha value is -3.10. The molecule has 180 valence electrons. The number of halogens is 3. The number of alkyl halides is 3. The molecule has 0 bridgehead atoms. The first-order chi connectivity index (χ1) is 16.9. The van der Waals surface area contributed by atoms with Crippen molar-refractivity contribution < 1.29 is 27.8 Å². The van der Waals surface area contributed by atoms with Crippen molar-refractivity contribution in [2.24, 2.45) is 5.92 Å². The summed E-state index contributed by atoms with van der Waals surface area (Å²) in [4.78, 5) is 28.0. The molecule has 0 spiro atoms. The van der Waals surface area contributed by atoms with E-state index in [9.17, 15) is 18.4 Å². The van der Waals surface area contributed by atoms with E-state index in [2.05, 4.69) is 15.9 Å². The van der Waals surface area contributed by atoms with Crippen LogP contribution >= 0.6 is 15.9 Å². The molecule has 0 saturated carbocycles. The lowest BCUT2D eigenvalue weighted by atomic mass is 9.77. The molecule has 0 N–H and O–H groups in total. The molecule has 0 radical (unpaired) electrons.